The van der Waals surface area contributed by atoms with Gasteiger partial charge in [-0.05, 0) is 41.1 Å². The lowest BCUT2D eigenvalue weighted by molar-refractivity contribution is 0.0955. The highest BCUT2D eigenvalue weighted by molar-refractivity contribution is 9.10. The highest BCUT2D eigenvalue weighted by Gasteiger charge is 2.08. The number of ether oxygens (including phenoxy) is 2. The fourth-order valence-electron chi connectivity index (χ4n) is 1.26. The first-order valence-electron chi connectivity index (χ1n) is 5.38. The van der Waals surface area contributed by atoms with Crippen molar-refractivity contribution in [2.24, 2.45) is 0 Å². The third-order valence-electron chi connectivity index (χ3n) is 2.08. The topological polar surface area (TPSA) is 47.6 Å². The zero-order valence-corrected chi connectivity index (χ0v) is 11.5. The van der Waals surface area contributed by atoms with E-state index in [9.17, 15) is 4.79 Å². The number of hydrogen-bond acceptors (Lipinski definition) is 3. The molecule has 0 radical (unpaired) electrons. The van der Waals surface area contributed by atoms with Crippen LogP contribution in [-0.2, 0) is 4.74 Å². The van der Waals surface area contributed by atoms with Gasteiger partial charge in [0, 0.05) is 19.2 Å². The number of halogens is 1. The van der Waals surface area contributed by atoms with E-state index in [1.807, 2.05) is 6.92 Å². The lowest BCUT2D eigenvalue weighted by Crippen LogP contribution is -2.22. The lowest BCUT2D eigenvalue weighted by atomic mass is 10.2. The maximum atomic E-state index is 11.6. The maximum Gasteiger partial charge on any atom is 0.251 e. The Hall–Kier alpha value is -1.07. The van der Waals surface area contributed by atoms with E-state index < -0.39 is 0 Å². The standard InChI is InChI=1S/C12H16BrNO3/c1-3-14-12(15)9-4-5-11(10(13)8-9)17-7-6-16-2/h4-5,8H,3,6-7H2,1-2H3,(H,14,15). The summed E-state index contributed by atoms with van der Waals surface area (Å²) in [6, 6.07) is 5.25. The second-order valence-electron chi connectivity index (χ2n) is 3.35. The summed E-state index contributed by atoms with van der Waals surface area (Å²) < 4.78 is 11.1. The minimum Gasteiger partial charge on any atom is -0.490 e. The van der Waals surface area contributed by atoms with Gasteiger partial charge in [-0.2, -0.15) is 0 Å². The fourth-order valence-corrected chi connectivity index (χ4v) is 1.75. The predicted molar refractivity (Wildman–Crippen MR) is 69.5 cm³/mol. The minimum atomic E-state index is -0.0864. The van der Waals surface area contributed by atoms with E-state index in [2.05, 4.69) is 21.2 Å². The van der Waals surface area contributed by atoms with Crippen LogP contribution in [0.15, 0.2) is 22.7 Å². The second kappa shape index (κ2) is 7.29. The monoisotopic (exact) mass is 301 g/mol. The molecule has 0 fully saturated rings. The highest BCUT2D eigenvalue weighted by atomic mass is 79.9. The van der Waals surface area contributed by atoms with Crippen LogP contribution in [0.1, 0.15) is 17.3 Å². The number of rotatable bonds is 6. The SMILES string of the molecule is CCNC(=O)c1ccc(OCCOC)c(Br)c1. The van der Waals surface area contributed by atoms with Gasteiger partial charge in [0.1, 0.15) is 12.4 Å². The summed E-state index contributed by atoms with van der Waals surface area (Å²) in [6.07, 6.45) is 0. The molecule has 1 amide bonds. The van der Waals surface area contributed by atoms with E-state index in [4.69, 9.17) is 9.47 Å². The van der Waals surface area contributed by atoms with E-state index >= 15 is 0 Å². The van der Waals surface area contributed by atoms with Gasteiger partial charge < -0.3 is 14.8 Å². The molecule has 0 bridgehead atoms. The van der Waals surface area contributed by atoms with Crippen molar-refractivity contribution in [1.82, 2.24) is 5.32 Å². The van der Waals surface area contributed by atoms with Crippen LogP contribution in [-0.4, -0.2) is 32.8 Å². The summed E-state index contributed by atoms with van der Waals surface area (Å²) in [7, 11) is 1.62. The molecule has 4 nitrogen and oxygen atoms in total. The largest absolute Gasteiger partial charge is 0.490 e. The van der Waals surface area contributed by atoms with Gasteiger partial charge in [-0.3, -0.25) is 4.79 Å². The molecule has 1 N–H and O–H groups in total. The molecule has 0 aliphatic heterocycles. The summed E-state index contributed by atoms with van der Waals surface area (Å²) in [5, 5.41) is 2.74. The molecule has 0 aliphatic rings. The second-order valence-corrected chi connectivity index (χ2v) is 4.20. The summed E-state index contributed by atoms with van der Waals surface area (Å²) in [5.41, 5.74) is 0.609. The van der Waals surface area contributed by atoms with Crippen molar-refractivity contribution in [1.29, 1.82) is 0 Å². The van der Waals surface area contributed by atoms with E-state index in [0.717, 1.165) is 4.47 Å². The number of amides is 1. The summed E-state index contributed by atoms with van der Waals surface area (Å²) in [5.74, 6) is 0.617. The minimum absolute atomic E-state index is 0.0864. The first kappa shape index (κ1) is 14.0. The molecule has 5 heteroatoms. The van der Waals surface area contributed by atoms with Crippen molar-refractivity contribution < 1.29 is 14.3 Å². The quantitative estimate of drug-likeness (QED) is 0.820. The highest BCUT2D eigenvalue weighted by Crippen LogP contribution is 2.25. The fraction of sp³-hybridized carbons (Fsp3) is 0.417. The number of nitrogens with one attached hydrogen (secondary N) is 1. The first-order valence-corrected chi connectivity index (χ1v) is 6.17. The Morgan fingerprint density at radius 2 is 2.18 bits per heavy atom. The third-order valence-corrected chi connectivity index (χ3v) is 2.70. The molecule has 0 aliphatic carbocycles. The smallest absolute Gasteiger partial charge is 0.251 e. The average molecular weight is 302 g/mol. The molecule has 0 heterocycles. The number of carbonyl (C=O) groups is 1. The van der Waals surface area contributed by atoms with Gasteiger partial charge in [-0.25, -0.2) is 0 Å². The van der Waals surface area contributed by atoms with Gasteiger partial charge in [0.25, 0.3) is 5.91 Å². The van der Waals surface area contributed by atoms with Crippen molar-refractivity contribution in [3.63, 3.8) is 0 Å². The van der Waals surface area contributed by atoms with Crippen LogP contribution >= 0.6 is 15.9 Å². The van der Waals surface area contributed by atoms with Crippen LogP contribution in [0, 0.1) is 0 Å². The van der Waals surface area contributed by atoms with E-state index in [0.29, 0.717) is 31.1 Å². The van der Waals surface area contributed by atoms with Crippen molar-refractivity contribution >= 4 is 21.8 Å². The molecule has 0 aromatic heterocycles. The Balaban J connectivity index is 2.68. The van der Waals surface area contributed by atoms with Gasteiger partial charge in [-0.1, -0.05) is 0 Å². The molecule has 1 aromatic rings. The molecule has 0 saturated heterocycles. The van der Waals surface area contributed by atoms with Gasteiger partial charge in [0.05, 0.1) is 11.1 Å². The van der Waals surface area contributed by atoms with Gasteiger partial charge >= 0.3 is 0 Å². The Labute approximate surface area is 109 Å². The number of benzene rings is 1. The van der Waals surface area contributed by atoms with Crippen LogP contribution in [0.4, 0.5) is 0 Å². The van der Waals surface area contributed by atoms with Crippen molar-refractivity contribution in [3.05, 3.63) is 28.2 Å². The first-order chi connectivity index (χ1) is 8.19. The molecule has 1 rings (SSSR count). The van der Waals surface area contributed by atoms with E-state index in [1.165, 1.54) is 0 Å². The van der Waals surface area contributed by atoms with Crippen LogP contribution in [0.5, 0.6) is 5.75 Å². The Kier molecular flexibility index (Phi) is 6.00. The number of methoxy groups -OCH3 is 1. The van der Waals surface area contributed by atoms with Gasteiger partial charge in [-0.15, -0.1) is 0 Å². The molecule has 0 spiro atoms. The van der Waals surface area contributed by atoms with Gasteiger partial charge in [0.15, 0.2) is 0 Å². The molecule has 17 heavy (non-hydrogen) atoms. The molecular weight excluding hydrogens is 286 g/mol. The Morgan fingerprint density at radius 3 is 2.76 bits per heavy atom. The maximum absolute atomic E-state index is 11.6. The molecular formula is C12H16BrNO3. The van der Waals surface area contributed by atoms with Crippen LogP contribution in [0.2, 0.25) is 0 Å². The molecule has 94 valence electrons. The normalized spacial score (nSPS) is 10.1. The molecule has 0 saturated carbocycles. The van der Waals surface area contributed by atoms with E-state index in [-0.39, 0.29) is 5.91 Å². The Morgan fingerprint density at radius 1 is 1.41 bits per heavy atom. The zero-order valence-electron chi connectivity index (χ0n) is 9.96. The molecule has 0 atom stereocenters. The molecule has 1 aromatic carbocycles. The van der Waals surface area contributed by atoms with E-state index in [1.54, 1.807) is 25.3 Å². The third kappa shape index (κ3) is 4.36. The number of carbonyl (C=O) groups excluding carboxylic acids is 1. The summed E-state index contributed by atoms with van der Waals surface area (Å²) >= 11 is 3.37. The van der Waals surface area contributed by atoms with Crippen LogP contribution < -0.4 is 10.1 Å². The Bertz CT molecular complexity index is 382. The van der Waals surface area contributed by atoms with Crippen molar-refractivity contribution in [2.45, 2.75) is 6.92 Å². The molecule has 0 unspecified atom stereocenters. The summed E-state index contributed by atoms with van der Waals surface area (Å²) in [6.45, 7) is 3.51. The van der Waals surface area contributed by atoms with Crippen LogP contribution in [0.25, 0.3) is 0 Å². The lowest BCUT2D eigenvalue weighted by Gasteiger charge is -2.09. The van der Waals surface area contributed by atoms with Crippen molar-refractivity contribution in [3.8, 4) is 5.75 Å². The average Bonchev–Trinajstić information content (AvgIpc) is 2.31. The zero-order chi connectivity index (χ0) is 12.7. The number of hydrogen-bond donors (Lipinski definition) is 1. The van der Waals surface area contributed by atoms with Gasteiger partial charge in [0.2, 0.25) is 0 Å². The summed E-state index contributed by atoms with van der Waals surface area (Å²) in [4.78, 5) is 11.6. The van der Waals surface area contributed by atoms with Crippen molar-refractivity contribution in [2.75, 3.05) is 26.9 Å². The van der Waals surface area contributed by atoms with Crippen LogP contribution in [0.3, 0.4) is 0 Å². The predicted octanol–water partition coefficient (Wildman–Crippen LogP) is 2.22.